The Morgan fingerprint density at radius 3 is 2.45 bits per heavy atom. The summed E-state index contributed by atoms with van der Waals surface area (Å²) in [6.07, 6.45) is 1.22. The van der Waals surface area contributed by atoms with E-state index >= 15 is 0 Å². The maximum Gasteiger partial charge on any atom is 0.308 e. The highest BCUT2D eigenvalue weighted by Gasteiger charge is 2.18. The fourth-order valence-corrected chi connectivity index (χ4v) is 2.89. The van der Waals surface area contributed by atoms with Crippen molar-refractivity contribution >= 4 is 29.4 Å². The van der Waals surface area contributed by atoms with Gasteiger partial charge in [-0.2, -0.15) is 0 Å². The molecule has 0 saturated heterocycles. The average Bonchev–Trinajstić information content (AvgIpc) is 2.66. The van der Waals surface area contributed by atoms with E-state index in [9.17, 15) is 19.1 Å². The van der Waals surface area contributed by atoms with E-state index in [0.717, 1.165) is 0 Å². The standard InChI is InChI=1S/C21H22ClFN2O4/c1-12(2)19-17(9-8-15(26)10-16(27)11-18(28)29-3)20(25-21(22)24-19)13-4-6-14(23)7-5-13/h4-9,12,16,27H,10-11H2,1-3H3/b9-8+. The van der Waals surface area contributed by atoms with Crippen LogP contribution in [0.2, 0.25) is 5.28 Å². The maximum absolute atomic E-state index is 13.3. The van der Waals surface area contributed by atoms with Crippen LogP contribution in [0.3, 0.4) is 0 Å². The summed E-state index contributed by atoms with van der Waals surface area (Å²) in [6.45, 7) is 3.85. The third kappa shape index (κ3) is 6.44. The van der Waals surface area contributed by atoms with Crippen molar-refractivity contribution in [2.24, 2.45) is 0 Å². The van der Waals surface area contributed by atoms with Crippen LogP contribution in [0.25, 0.3) is 17.3 Å². The van der Waals surface area contributed by atoms with E-state index in [2.05, 4.69) is 14.7 Å². The van der Waals surface area contributed by atoms with Gasteiger partial charge in [-0.05, 0) is 53.9 Å². The molecule has 1 unspecified atom stereocenters. The van der Waals surface area contributed by atoms with Crippen molar-refractivity contribution in [3.05, 3.63) is 52.7 Å². The van der Waals surface area contributed by atoms with Crippen molar-refractivity contribution in [2.75, 3.05) is 7.11 Å². The Hall–Kier alpha value is -2.64. The van der Waals surface area contributed by atoms with Gasteiger partial charge in [0.1, 0.15) is 5.82 Å². The fraction of sp³-hybridized carbons (Fsp3) is 0.333. The van der Waals surface area contributed by atoms with Gasteiger partial charge in [0, 0.05) is 17.5 Å². The predicted molar refractivity (Wildman–Crippen MR) is 108 cm³/mol. The number of aromatic nitrogens is 2. The number of methoxy groups -OCH3 is 1. The Bertz CT molecular complexity index is 914. The molecular formula is C21H22ClFN2O4. The Kier molecular flexibility index (Phi) is 7.99. The topological polar surface area (TPSA) is 89.4 Å². The molecule has 0 aliphatic heterocycles. The molecular weight excluding hydrogens is 399 g/mol. The van der Waals surface area contributed by atoms with Gasteiger partial charge >= 0.3 is 5.97 Å². The number of nitrogens with zero attached hydrogens (tertiary/aromatic N) is 2. The number of benzene rings is 1. The molecule has 154 valence electrons. The van der Waals surface area contributed by atoms with Gasteiger partial charge in [-0.3, -0.25) is 9.59 Å². The Morgan fingerprint density at radius 2 is 1.86 bits per heavy atom. The van der Waals surface area contributed by atoms with E-state index in [4.69, 9.17) is 11.6 Å². The van der Waals surface area contributed by atoms with E-state index in [0.29, 0.717) is 22.5 Å². The van der Waals surface area contributed by atoms with Crippen LogP contribution in [-0.2, 0) is 14.3 Å². The van der Waals surface area contributed by atoms with E-state index in [1.54, 1.807) is 18.2 Å². The van der Waals surface area contributed by atoms with Crippen LogP contribution >= 0.6 is 11.6 Å². The average molecular weight is 421 g/mol. The van der Waals surface area contributed by atoms with Crippen LogP contribution in [-0.4, -0.2) is 40.0 Å². The second kappa shape index (κ2) is 10.2. The van der Waals surface area contributed by atoms with Gasteiger partial charge in [-0.15, -0.1) is 0 Å². The summed E-state index contributed by atoms with van der Waals surface area (Å²) in [6, 6.07) is 5.75. The largest absolute Gasteiger partial charge is 0.469 e. The van der Waals surface area contributed by atoms with Crippen LogP contribution in [0.5, 0.6) is 0 Å². The molecule has 0 saturated carbocycles. The molecule has 0 amide bonds. The quantitative estimate of drug-likeness (QED) is 0.395. The molecule has 0 aliphatic carbocycles. The van der Waals surface area contributed by atoms with Crippen LogP contribution < -0.4 is 0 Å². The van der Waals surface area contributed by atoms with Crippen molar-refractivity contribution < 1.29 is 23.8 Å². The number of carbonyl (C=O) groups excluding carboxylic acids is 2. The van der Waals surface area contributed by atoms with Gasteiger partial charge in [0.25, 0.3) is 0 Å². The molecule has 6 nitrogen and oxygen atoms in total. The van der Waals surface area contributed by atoms with Crippen molar-refractivity contribution in [1.29, 1.82) is 0 Å². The van der Waals surface area contributed by atoms with E-state index < -0.39 is 12.1 Å². The molecule has 2 rings (SSSR count). The highest BCUT2D eigenvalue weighted by atomic mass is 35.5. The Morgan fingerprint density at radius 1 is 1.21 bits per heavy atom. The second-order valence-electron chi connectivity index (χ2n) is 6.74. The molecule has 0 radical (unpaired) electrons. The van der Waals surface area contributed by atoms with Crippen molar-refractivity contribution in [1.82, 2.24) is 9.97 Å². The summed E-state index contributed by atoms with van der Waals surface area (Å²) < 4.78 is 17.8. The number of carbonyl (C=O) groups is 2. The molecule has 1 aromatic carbocycles. The van der Waals surface area contributed by atoms with Gasteiger partial charge < -0.3 is 9.84 Å². The third-order valence-corrected chi connectivity index (χ3v) is 4.28. The summed E-state index contributed by atoms with van der Waals surface area (Å²) in [5.74, 6) is -1.38. The smallest absolute Gasteiger partial charge is 0.308 e. The van der Waals surface area contributed by atoms with Gasteiger partial charge in [-0.25, -0.2) is 14.4 Å². The Labute approximate surface area is 173 Å². The number of ether oxygens (including phenoxy) is 1. The van der Waals surface area contributed by atoms with Crippen LogP contribution in [0, 0.1) is 5.82 Å². The minimum atomic E-state index is -1.14. The number of hydrogen-bond donors (Lipinski definition) is 1. The monoisotopic (exact) mass is 420 g/mol. The summed E-state index contributed by atoms with van der Waals surface area (Å²) in [5, 5.41) is 9.87. The van der Waals surface area contributed by atoms with Crippen molar-refractivity contribution in [3.8, 4) is 11.3 Å². The lowest BCUT2D eigenvalue weighted by Crippen LogP contribution is -2.17. The zero-order valence-electron chi connectivity index (χ0n) is 16.4. The van der Waals surface area contributed by atoms with Gasteiger partial charge in [0.05, 0.1) is 31.0 Å². The van der Waals surface area contributed by atoms with E-state index in [-0.39, 0.29) is 35.6 Å². The molecule has 29 heavy (non-hydrogen) atoms. The van der Waals surface area contributed by atoms with Gasteiger partial charge in [0.2, 0.25) is 5.28 Å². The number of esters is 1. The molecule has 0 bridgehead atoms. The molecule has 0 fully saturated rings. The summed E-state index contributed by atoms with van der Waals surface area (Å²) in [4.78, 5) is 32.0. The van der Waals surface area contributed by atoms with Gasteiger partial charge in [0.15, 0.2) is 5.78 Å². The van der Waals surface area contributed by atoms with Crippen molar-refractivity contribution in [3.63, 3.8) is 0 Å². The maximum atomic E-state index is 13.3. The number of hydrogen-bond acceptors (Lipinski definition) is 6. The molecule has 1 aromatic heterocycles. The third-order valence-electron chi connectivity index (χ3n) is 4.12. The second-order valence-corrected chi connectivity index (χ2v) is 7.08. The lowest BCUT2D eigenvalue weighted by Gasteiger charge is -2.14. The lowest BCUT2D eigenvalue weighted by molar-refractivity contribution is -0.143. The van der Waals surface area contributed by atoms with Crippen LogP contribution in [0.1, 0.15) is 43.9 Å². The first-order valence-electron chi connectivity index (χ1n) is 9.00. The minimum Gasteiger partial charge on any atom is -0.469 e. The number of aliphatic hydroxyl groups excluding tert-OH is 1. The Balaban J connectivity index is 2.37. The molecule has 1 N–H and O–H groups in total. The van der Waals surface area contributed by atoms with Gasteiger partial charge in [-0.1, -0.05) is 13.8 Å². The molecule has 1 atom stereocenters. The van der Waals surface area contributed by atoms with Crippen LogP contribution in [0.4, 0.5) is 4.39 Å². The molecule has 0 spiro atoms. The molecule has 2 aromatic rings. The first-order valence-corrected chi connectivity index (χ1v) is 9.38. The van der Waals surface area contributed by atoms with E-state index in [1.165, 1.54) is 25.3 Å². The summed E-state index contributed by atoms with van der Waals surface area (Å²) in [5.41, 5.74) is 2.29. The highest BCUT2D eigenvalue weighted by molar-refractivity contribution is 6.28. The number of rotatable bonds is 8. The first-order chi connectivity index (χ1) is 13.7. The molecule has 1 heterocycles. The number of aliphatic hydroxyl groups is 1. The molecule has 0 aliphatic rings. The number of ketones is 1. The fourth-order valence-electron chi connectivity index (χ4n) is 2.72. The van der Waals surface area contributed by atoms with Crippen LogP contribution in [0.15, 0.2) is 30.3 Å². The zero-order valence-corrected chi connectivity index (χ0v) is 17.1. The predicted octanol–water partition coefficient (Wildman–Crippen LogP) is 3.96. The number of allylic oxidation sites excluding steroid dienone is 1. The van der Waals surface area contributed by atoms with E-state index in [1.807, 2.05) is 13.8 Å². The SMILES string of the molecule is COC(=O)CC(O)CC(=O)/C=C/c1c(-c2ccc(F)cc2)nc(Cl)nc1C(C)C. The first kappa shape index (κ1) is 22.6. The number of halogens is 2. The zero-order chi connectivity index (χ0) is 21.6. The lowest BCUT2D eigenvalue weighted by atomic mass is 9.97. The minimum absolute atomic E-state index is 0.0191. The normalized spacial score (nSPS) is 12.4. The molecule has 8 heteroatoms. The summed E-state index contributed by atoms with van der Waals surface area (Å²) in [7, 11) is 1.21. The summed E-state index contributed by atoms with van der Waals surface area (Å²) >= 11 is 6.08. The highest BCUT2D eigenvalue weighted by Crippen LogP contribution is 2.30. The van der Waals surface area contributed by atoms with Crippen molar-refractivity contribution in [2.45, 2.75) is 38.7 Å².